The molecule has 214 valence electrons. The highest BCUT2D eigenvalue weighted by Crippen LogP contribution is 2.43. The summed E-state index contributed by atoms with van der Waals surface area (Å²) < 4.78 is 26.4. The highest BCUT2D eigenvalue weighted by atomic mass is 32.2. The Morgan fingerprint density at radius 1 is 0.976 bits per heavy atom. The van der Waals surface area contributed by atoms with Crippen molar-refractivity contribution < 1.29 is 22.8 Å². The molecule has 9 nitrogen and oxygen atoms in total. The van der Waals surface area contributed by atoms with Crippen LogP contribution in [-0.4, -0.2) is 30.9 Å². The second-order valence-electron chi connectivity index (χ2n) is 10.3. The number of nitrogens with zero attached hydrogens (tertiary/aromatic N) is 3. The highest BCUT2D eigenvalue weighted by molar-refractivity contribution is 7.93. The molecule has 0 spiro atoms. The van der Waals surface area contributed by atoms with Gasteiger partial charge in [-0.15, -0.1) is 4.91 Å². The quantitative estimate of drug-likeness (QED) is 0.124. The van der Waals surface area contributed by atoms with Gasteiger partial charge in [-0.2, -0.15) is 0 Å². The molecule has 0 N–H and O–H groups in total. The van der Waals surface area contributed by atoms with Gasteiger partial charge < -0.3 is 0 Å². The molecule has 0 aliphatic carbocycles. The van der Waals surface area contributed by atoms with E-state index in [0.717, 1.165) is 33.6 Å². The number of anilines is 1. The van der Waals surface area contributed by atoms with Crippen molar-refractivity contribution in [3.8, 4) is 0 Å². The lowest BCUT2D eigenvalue weighted by atomic mass is 9.86. The molecule has 1 amide bonds. The molecule has 4 aromatic rings. The number of thiazole rings is 1. The monoisotopic (exact) mass is 601 g/mol. The fraction of sp³-hybridized carbons (Fsp3) is 0.226. The topological polar surface area (TPSA) is 131 Å². The molecule has 3 aromatic carbocycles. The zero-order valence-electron chi connectivity index (χ0n) is 22.8. The third kappa shape index (κ3) is 5.57. The average Bonchev–Trinajstić information content (AvgIpc) is 3.60. The number of carbonyl (C=O) groups excluding carboxylic acids is 3. The van der Waals surface area contributed by atoms with Gasteiger partial charge in [0.25, 0.3) is 5.91 Å². The minimum absolute atomic E-state index is 0.00519. The van der Waals surface area contributed by atoms with Crippen LogP contribution in [0.25, 0.3) is 0 Å². The Hall–Kier alpha value is -4.35. The van der Waals surface area contributed by atoms with Crippen LogP contribution in [0.5, 0.6) is 0 Å². The molecule has 1 aliphatic rings. The summed E-state index contributed by atoms with van der Waals surface area (Å²) in [7, 11) is -4.05. The second kappa shape index (κ2) is 11.9. The number of ketones is 2. The zero-order valence-corrected chi connectivity index (χ0v) is 24.5. The van der Waals surface area contributed by atoms with E-state index >= 15 is 0 Å². The maximum atomic E-state index is 13.6. The molecule has 2 atom stereocenters. The molecule has 5 rings (SSSR count). The van der Waals surface area contributed by atoms with Crippen LogP contribution in [-0.2, 0) is 30.6 Å². The first-order chi connectivity index (χ1) is 20.1. The largest absolute Gasteiger partial charge is 0.299 e. The van der Waals surface area contributed by atoms with Gasteiger partial charge in [-0.1, -0.05) is 79.8 Å². The van der Waals surface area contributed by atoms with Crippen molar-refractivity contribution in [2.45, 2.75) is 47.8 Å². The van der Waals surface area contributed by atoms with Gasteiger partial charge in [0.1, 0.15) is 21.6 Å². The van der Waals surface area contributed by atoms with Gasteiger partial charge in [0.2, 0.25) is 15.6 Å². The summed E-state index contributed by atoms with van der Waals surface area (Å²) in [5.74, 6) is -3.15. The van der Waals surface area contributed by atoms with Gasteiger partial charge in [0, 0.05) is 6.42 Å². The summed E-state index contributed by atoms with van der Waals surface area (Å²) in [4.78, 5) is 56.5. The minimum atomic E-state index is -4.05. The summed E-state index contributed by atoms with van der Waals surface area (Å²) >= 11 is 0.735. The number of rotatable bonds is 10. The van der Waals surface area contributed by atoms with Gasteiger partial charge in [-0.3, -0.25) is 19.3 Å². The first kappa shape index (κ1) is 29.2. The maximum absolute atomic E-state index is 13.6. The molecule has 2 heterocycles. The fourth-order valence-corrected chi connectivity index (χ4v) is 7.53. The number of aromatic nitrogens is 1. The number of carbonyl (C=O) groups is 3. The lowest BCUT2D eigenvalue weighted by molar-refractivity contribution is -0.139. The highest BCUT2D eigenvalue weighted by Gasteiger charge is 2.52. The van der Waals surface area contributed by atoms with Crippen LogP contribution in [0, 0.1) is 10.8 Å². The molecule has 1 saturated heterocycles. The van der Waals surface area contributed by atoms with Crippen molar-refractivity contribution in [3.63, 3.8) is 0 Å². The molecule has 0 bridgehead atoms. The third-order valence-electron chi connectivity index (χ3n) is 7.30. The Morgan fingerprint density at radius 2 is 1.64 bits per heavy atom. The summed E-state index contributed by atoms with van der Waals surface area (Å²) in [6, 6.07) is 20.9. The van der Waals surface area contributed by atoms with E-state index in [-0.39, 0.29) is 38.0 Å². The molecule has 0 saturated carbocycles. The molecule has 11 heteroatoms. The Balaban J connectivity index is 1.52. The van der Waals surface area contributed by atoms with E-state index < -0.39 is 33.5 Å². The van der Waals surface area contributed by atoms with E-state index in [1.54, 1.807) is 12.1 Å². The van der Waals surface area contributed by atoms with Crippen LogP contribution in [0.3, 0.4) is 0 Å². The lowest BCUT2D eigenvalue weighted by Crippen LogP contribution is -2.30. The molecular formula is C31H27N3O6S2. The normalized spacial score (nSPS) is 17.2. The SMILES string of the molecule is CC(C)c1ccc(C2C(C(=O)CCc3ccccc3)C(=O)C(=O)N2c2ncc(S(=O)(=O)c3ccc(N=O)cc3)s2)cc1. The van der Waals surface area contributed by atoms with Crippen molar-refractivity contribution in [2.75, 3.05) is 4.90 Å². The van der Waals surface area contributed by atoms with Gasteiger partial charge in [0.05, 0.1) is 17.1 Å². The number of nitroso groups, excluding NO2 is 1. The van der Waals surface area contributed by atoms with Crippen LogP contribution >= 0.6 is 11.3 Å². The minimum Gasteiger partial charge on any atom is -0.299 e. The molecule has 0 radical (unpaired) electrons. The summed E-state index contributed by atoms with van der Waals surface area (Å²) in [6.07, 6.45) is 1.60. The summed E-state index contributed by atoms with van der Waals surface area (Å²) in [5, 5.41) is 2.78. The Labute approximate surface area is 247 Å². The Bertz CT molecular complexity index is 1750. The maximum Gasteiger partial charge on any atom is 0.297 e. The van der Waals surface area contributed by atoms with Crippen molar-refractivity contribution in [2.24, 2.45) is 11.1 Å². The lowest BCUT2D eigenvalue weighted by Gasteiger charge is -2.25. The number of Topliss-reactive ketones (excluding diaryl/α,β-unsaturated/α-hetero) is 2. The smallest absolute Gasteiger partial charge is 0.297 e. The van der Waals surface area contributed by atoms with E-state index in [2.05, 4.69) is 10.2 Å². The number of aryl methyl sites for hydroxylation is 1. The van der Waals surface area contributed by atoms with Crippen LogP contribution in [0.15, 0.2) is 99.3 Å². The van der Waals surface area contributed by atoms with E-state index in [1.165, 1.54) is 24.3 Å². The Morgan fingerprint density at radius 3 is 2.26 bits per heavy atom. The first-order valence-electron chi connectivity index (χ1n) is 13.3. The van der Waals surface area contributed by atoms with E-state index in [0.29, 0.717) is 12.0 Å². The van der Waals surface area contributed by atoms with Crippen LogP contribution in [0.4, 0.5) is 10.8 Å². The van der Waals surface area contributed by atoms with Crippen LogP contribution in [0.1, 0.15) is 48.9 Å². The molecule has 2 unspecified atom stereocenters. The Kier molecular flexibility index (Phi) is 8.24. The van der Waals surface area contributed by atoms with Gasteiger partial charge in [-0.25, -0.2) is 13.4 Å². The predicted octanol–water partition coefficient (Wildman–Crippen LogP) is 5.97. The van der Waals surface area contributed by atoms with Crippen molar-refractivity contribution >= 4 is 49.5 Å². The molecule has 42 heavy (non-hydrogen) atoms. The first-order valence-corrected chi connectivity index (χ1v) is 15.6. The molecule has 1 aliphatic heterocycles. The summed E-state index contributed by atoms with van der Waals surface area (Å²) in [6.45, 7) is 4.08. The summed E-state index contributed by atoms with van der Waals surface area (Å²) in [5.41, 5.74) is 2.64. The van der Waals surface area contributed by atoms with E-state index in [4.69, 9.17) is 0 Å². The molecule has 1 aromatic heterocycles. The van der Waals surface area contributed by atoms with Crippen LogP contribution in [0.2, 0.25) is 0 Å². The van der Waals surface area contributed by atoms with Gasteiger partial charge in [0.15, 0.2) is 5.13 Å². The molecular weight excluding hydrogens is 574 g/mol. The van der Waals surface area contributed by atoms with E-state index in [9.17, 15) is 27.7 Å². The standard InChI is InChI=1S/C31H27N3O6S2/c1-19(2)21-9-11-22(12-10-21)28-27(25(35)17-8-20-6-4-3-5-7-20)29(36)30(37)34(28)31-32-18-26(41-31)42(39,40)24-15-13-23(33-38)14-16-24/h3-7,9-16,18-19,27-28H,8,17H2,1-2H3. The van der Waals surface area contributed by atoms with E-state index in [1.807, 2.05) is 56.3 Å². The predicted molar refractivity (Wildman–Crippen MR) is 158 cm³/mol. The van der Waals surface area contributed by atoms with Crippen molar-refractivity contribution in [1.29, 1.82) is 0 Å². The van der Waals surface area contributed by atoms with Crippen molar-refractivity contribution in [1.82, 2.24) is 4.98 Å². The molecule has 1 fully saturated rings. The zero-order chi connectivity index (χ0) is 30.0. The van der Waals surface area contributed by atoms with Gasteiger partial charge in [-0.05, 0) is 58.5 Å². The number of hydrogen-bond donors (Lipinski definition) is 0. The number of benzene rings is 3. The number of sulfone groups is 1. The third-order valence-corrected chi connectivity index (χ3v) is 10.5. The fourth-order valence-electron chi connectivity index (χ4n) is 4.97. The van der Waals surface area contributed by atoms with Gasteiger partial charge >= 0.3 is 0 Å². The van der Waals surface area contributed by atoms with Crippen LogP contribution < -0.4 is 4.90 Å². The average molecular weight is 602 g/mol. The second-order valence-corrected chi connectivity index (χ2v) is 13.5. The number of amides is 1. The van der Waals surface area contributed by atoms with Crippen molar-refractivity contribution in [3.05, 3.63) is 107 Å². The number of hydrogen-bond acceptors (Lipinski definition) is 9.